The van der Waals surface area contributed by atoms with Gasteiger partial charge in [0.1, 0.15) is 5.82 Å². The number of hydrogen-bond donors (Lipinski definition) is 1. The van der Waals surface area contributed by atoms with Gasteiger partial charge in [-0.15, -0.1) is 0 Å². The number of halogens is 4. The highest BCUT2D eigenvalue weighted by molar-refractivity contribution is 9.10. The number of hydrogen-bond acceptors (Lipinski definition) is 5. The molecule has 7 nitrogen and oxygen atoms in total. The molecule has 35 heavy (non-hydrogen) atoms. The molecule has 1 N–H and O–H groups in total. The summed E-state index contributed by atoms with van der Waals surface area (Å²) in [5, 5.41) is 0. The summed E-state index contributed by atoms with van der Waals surface area (Å²) in [7, 11) is -5.67. The van der Waals surface area contributed by atoms with Crippen LogP contribution < -0.4 is 10.3 Å². The van der Waals surface area contributed by atoms with Gasteiger partial charge >= 0.3 is 15.5 Å². The monoisotopic (exact) mass is 569 g/mol. The molecular weight excluding hydrogens is 551 g/mol. The van der Waals surface area contributed by atoms with E-state index in [-0.39, 0.29) is 23.4 Å². The Balaban J connectivity index is 1.97. The second-order valence-corrected chi connectivity index (χ2v) is 10.2. The Morgan fingerprint density at radius 3 is 2.54 bits per heavy atom. The molecule has 0 radical (unpaired) electrons. The zero-order valence-corrected chi connectivity index (χ0v) is 20.9. The number of benzene rings is 1. The molecule has 2 aromatic rings. The highest BCUT2D eigenvalue weighted by atomic mass is 79.9. The van der Waals surface area contributed by atoms with Gasteiger partial charge in [-0.25, -0.2) is 4.98 Å². The fourth-order valence-electron chi connectivity index (χ4n) is 3.92. The van der Waals surface area contributed by atoms with Gasteiger partial charge in [0.15, 0.2) is 0 Å². The van der Waals surface area contributed by atoms with Crippen molar-refractivity contribution in [2.45, 2.75) is 32.3 Å². The number of nitrogens with one attached hydrogen (secondary N) is 1. The first-order valence-corrected chi connectivity index (χ1v) is 12.6. The Morgan fingerprint density at radius 2 is 1.86 bits per heavy atom. The molecule has 0 spiro atoms. The first kappa shape index (κ1) is 25.0. The summed E-state index contributed by atoms with van der Waals surface area (Å²) in [5.74, 6) is 0.540. The van der Waals surface area contributed by atoms with Crippen LogP contribution in [0.2, 0.25) is 0 Å². The van der Waals surface area contributed by atoms with Gasteiger partial charge in [-0.1, -0.05) is 25.1 Å². The number of fused-ring (bicyclic) bond motifs is 1. The van der Waals surface area contributed by atoms with Crippen molar-refractivity contribution < 1.29 is 26.0 Å². The third-order valence-electron chi connectivity index (χ3n) is 5.47. The minimum Gasteiger partial charge on any atom is -0.472 e. The van der Waals surface area contributed by atoms with Crippen LogP contribution >= 0.6 is 15.9 Å². The topological polar surface area (TPSA) is 94.2 Å². The van der Waals surface area contributed by atoms with Crippen molar-refractivity contribution >= 4 is 31.6 Å². The molecule has 0 atom stereocenters. The largest absolute Gasteiger partial charge is 0.516 e. The van der Waals surface area contributed by atoms with Gasteiger partial charge in [0.2, 0.25) is 0 Å². The Bertz CT molecular complexity index is 1540. The van der Waals surface area contributed by atoms with Crippen LogP contribution in [0.25, 0.3) is 22.3 Å². The van der Waals surface area contributed by atoms with Gasteiger partial charge in [0, 0.05) is 39.3 Å². The van der Waals surface area contributed by atoms with Crippen molar-refractivity contribution in [1.82, 2.24) is 9.55 Å². The van der Waals surface area contributed by atoms with E-state index >= 15 is 0 Å². The van der Waals surface area contributed by atoms with E-state index in [1.807, 2.05) is 6.92 Å². The van der Waals surface area contributed by atoms with Crippen molar-refractivity contribution in [3.63, 3.8) is 0 Å². The van der Waals surface area contributed by atoms with Gasteiger partial charge in [0.05, 0.1) is 24.8 Å². The summed E-state index contributed by atoms with van der Waals surface area (Å²) in [6.45, 7) is 3.63. The number of alkyl halides is 3. The van der Waals surface area contributed by atoms with E-state index in [0.717, 1.165) is 0 Å². The van der Waals surface area contributed by atoms with Crippen LogP contribution in [0.15, 0.2) is 62.6 Å². The average molecular weight is 570 g/mol. The maximum Gasteiger partial charge on any atom is 0.516 e. The van der Waals surface area contributed by atoms with Crippen LogP contribution in [0.5, 0.6) is 0 Å². The maximum atomic E-state index is 13.1. The fourth-order valence-corrected chi connectivity index (χ4v) is 5.26. The number of nitrogens with zero attached hydrogens (tertiary/aromatic N) is 2. The first-order chi connectivity index (χ1) is 16.4. The molecule has 0 bridgehead atoms. The second kappa shape index (κ2) is 9.15. The molecule has 12 heteroatoms. The Kier molecular flexibility index (Phi) is 6.54. The molecule has 1 aromatic carbocycles. The second-order valence-electron chi connectivity index (χ2n) is 7.74. The summed E-state index contributed by atoms with van der Waals surface area (Å²) in [5.41, 5.74) is -2.96. The smallest absolute Gasteiger partial charge is 0.472 e. The average Bonchev–Trinajstić information content (AvgIpc) is 3.06. The normalized spacial score (nSPS) is 12.3. The lowest BCUT2D eigenvalue weighted by molar-refractivity contribution is -0.0429. The van der Waals surface area contributed by atoms with Gasteiger partial charge in [-0.2, -0.15) is 21.6 Å². The molecule has 0 saturated heterocycles. The predicted molar refractivity (Wildman–Crippen MR) is 129 cm³/mol. The molecule has 0 fully saturated rings. The summed E-state index contributed by atoms with van der Waals surface area (Å²) < 4.78 is 72.0. The number of anilines is 1. The van der Waals surface area contributed by atoms with Gasteiger partial charge in [-0.3, -0.25) is 14.1 Å². The van der Waals surface area contributed by atoms with E-state index in [1.54, 1.807) is 23.8 Å². The Morgan fingerprint density at radius 1 is 1.14 bits per heavy atom. The zero-order valence-electron chi connectivity index (χ0n) is 18.5. The van der Waals surface area contributed by atoms with Crippen molar-refractivity contribution in [3.8, 4) is 22.3 Å². The van der Waals surface area contributed by atoms with Crippen LogP contribution in [0, 0.1) is 6.92 Å². The summed E-state index contributed by atoms with van der Waals surface area (Å²) in [6, 6.07) is 8.83. The lowest BCUT2D eigenvalue weighted by Gasteiger charge is -2.17. The number of para-hydroxylation sites is 1. The molecule has 4 rings (SSSR count). The van der Waals surface area contributed by atoms with Gasteiger partial charge in [-0.05, 0) is 46.1 Å². The lowest BCUT2D eigenvalue weighted by Crippen LogP contribution is -2.30. The molecule has 1 aliphatic carbocycles. The van der Waals surface area contributed by atoms with E-state index < -0.39 is 15.5 Å². The van der Waals surface area contributed by atoms with Crippen molar-refractivity contribution in [2.75, 3.05) is 4.72 Å². The van der Waals surface area contributed by atoms with Gasteiger partial charge in [0.25, 0.3) is 5.56 Å². The zero-order chi connectivity index (χ0) is 25.5. The molecule has 0 unspecified atom stereocenters. The molecule has 2 heterocycles. The van der Waals surface area contributed by atoms with Crippen LogP contribution in [-0.2, 0) is 23.0 Å². The van der Waals surface area contributed by atoms with E-state index in [2.05, 4.69) is 20.9 Å². The Hall–Kier alpha value is -3.12. The minimum absolute atomic E-state index is 0.0527. The molecular formula is C23H19BrF3N3O4S. The van der Waals surface area contributed by atoms with Crippen LogP contribution in [0.1, 0.15) is 24.0 Å². The number of sulfonamides is 1. The molecule has 0 amide bonds. The first-order valence-electron chi connectivity index (χ1n) is 10.4. The minimum atomic E-state index is -5.67. The predicted octanol–water partition coefficient (Wildman–Crippen LogP) is 5.55. The third-order valence-corrected chi connectivity index (χ3v) is 7.39. The van der Waals surface area contributed by atoms with E-state index in [4.69, 9.17) is 4.42 Å². The standard InChI is InChI=1S/C23H19BrF3N3O4S/c1-3-19-28-13(2)10-20(31)30(19)11-16-14-8-9-34-12-17(14)22(24)21(16)15-6-4-5-7-18(15)29-35(32,33)23(25,26)27/h4-10,12,29H,3,11H2,1-2H3. The highest BCUT2D eigenvalue weighted by Crippen LogP contribution is 2.48. The van der Waals surface area contributed by atoms with Crippen LogP contribution in [0.3, 0.4) is 0 Å². The summed E-state index contributed by atoms with van der Waals surface area (Å²) in [4.78, 5) is 17.3. The lowest BCUT2D eigenvalue weighted by atomic mass is 10.0. The quantitative estimate of drug-likeness (QED) is 0.328. The van der Waals surface area contributed by atoms with E-state index in [1.165, 1.54) is 41.4 Å². The molecule has 1 aromatic heterocycles. The van der Waals surface area contributed by atoms with Crippen molar-refractivity contribution in [2.24, 2.45) is 0 Å². The molecule has 0 saturated carbocycles. The SMILES string of the molecule is CCc1nc(C)cc(=O)n1Cc1c2ccocc-2c(Br)c1-c1ccccc1NS(=O)(=O)C(F)(F)F. The number of rotatable bonds is 6. The third kappa shape index (κ3) is 4.59. The molecule has 1 aliphatic heterocycles. The summed E-state index contributed by atoms with van der Waals surface area (Å²) in [6.07, 6.45) is 3.38. The fraction of sp³-hybridized carbons (Fsp3) is 0.217. The van der Waals surface area contributed by atoms with Crippen LogP contribution in [0.4, 0.5) is 18.9 Å². The van der Waals surface area contributed by atoms with Crippen LogP contribution in [-0.4, -0.2) is 23.5 Å². The maximum absolute atomic E-state index is 13.1. The number of aryl methyl sites for hydroxylation is 2. The van der Waals surface area contributed by atoms with Gasteiger partial charge < -0.3 is 4.42 Å². The van der Waals surface area contributed by atoms with E-state index in [0.29, 0.717) is 44.7 Å². The van der Waals surface area contributed by atoms with Crippen molar-refractivity contribution in [1.29, 1.82) is 0 Å². The van der Waals surface area contributed by atoms with E-state index in [9.17, 15) is 26.4 Å². The Labute approximate surface area is 207 Å². The molecule has 2 aliphatic rings. The highest BCUT2D eigenvalue weighted by Gasteiger charge is 2.46. The molecule has 184 valence electrons. The summed E-state index contributed by atoms with van der Waals surface area (Å²) >= 11 is 3.51. The van der Waals surface area contributed by atoms with Crippen molar-refractivity contribution in [3.05, 3.63) is 80.8 Å². The number of aromatic nitrogens is 2.